The van der Waals surface area contributed by atoms with Crippen molar-refractivity contribution in [2.24, 2.45) is 5.92 Å². The molecule has 0 saturated heterocycles. The quantitative estimate of drug-likeness (QED) is 0.539. The van der Waals surface area contributed by atoms with Gasteiger partial charge >= 0.3 is 5.97 Å². The zero-order valence-corrected chi connectivity index (χ0v) is 15.6. The Morgan fingerprint density at radius 2 is 1.60 bits per heavy atom. The van der Waals surface area contributed by atoms with Crippen molar-refractivity contribution in [3.63, 3.8) is 0 Å². The molecule has 2 rings (SSSR count). The SMILES string of the molecule is CC(Cc1ccccc1)C(=O)O.O=S(=O)(O)C(P)c1ccccc1O. The minimum absolute atomic E-state index is 0.153. The summed E-state index contributed by atoms with van der Waals surface area (Å²) < 4.78 is 30.1. The first kappa shape index (κ1) is 21.1. The second-order valence-corrected chi connectivity index (χ2v) is 8.11. The van der Waals surface area contributed by atoms with Gasteiger partial charge in [-0.3, -0.25) is 9.35 Å². The van der Waals surface area contributed by atoms with E-state index in [4.69, 9.17) is 9.66 Å². The summed E-state index contributed by atoms with van der Waals surface area (Å²) >= 11 is 0. The predicted octanol–water partition coefficient (Wildman–Crippen LogP) is 3.10. The lowest BCUT2D eigenvalue weighted by Crippen LogP contribution is -2.11. The van der Waals surface area contributed by atoms with Crippen molar-refractivity contribution in [2.75, 3.05) is 0 Å². The van der Waals surface area contributed by atoms with E-state index in [9.17, 15) is 18.3 Å². The van der Waals surface area contributed by atoms with Crippen LogP contribution in [0.15, 0.2) is 54.6 Å². The summed E-state index contributed by atoms with van der Waals surface area (Å²) in [6.07, 6.45) is 0.607. The topological polar surface area (TPSA) is 112 Å². The molecule has 0 saturated carbocycles. The van der Waals surface area contributed by atoms with Gasteiger partial charge in [0.05, 0.1) is 5.92 Å². The van der Waals surface area contributed by atoms with Crippen molar-refractivity contribution in [1.29, 1.82) is 0 Å². The molecule has 8 heteroatoms. The average Bonchev–Trinajstić information content (AvgIpc) is 2.55. The van der Waals surface area contributed by atoms with Crippen molar-refractivity contribution < 1.29 is 28.0 Å². The highest BCUT2D eigenvalue weighted by atomic mass is 32.2. The van der Waals surface area contributed by atoms with Gasteiger partial charge in [0.15, 0.2) is 0 Å². The Hall–Kier alpha value is -1.95. The Morgan fingerprint density at radius 1 is 1.08 bits per heavy atom. The van der Waals surface area contributed by atoms with Crippen molar-refractivity contribution in [3.8, 4) is 5.75 Å². The first-order chi connectivity index (χ1) is 11.6. The van der Waals surface area contributed by atoms with Crippen LogP contribution >= 0.6 is 9.24 Å². The highest BCUT2D eigenvalue weighted by Gasteiger charge is 2.21. The van der Waals surface area contributed by atoms with Crippen molar-refractivity contribution in [3.05, 3.63) is 65.7 Å². The summed E-state index contributed by atoms with van der Waals surface area (Å²) in [6.45, 7) is 1.72. The number of para-hydroxylation sites is 1. The fourth-order valence-electron chi connectivity index (χ4n) is 1.94. The lowest BCUT2D eigenvalue weighted by atomic mass is 10.0. The van der Waals surface area contributed by atoms with Gasteiger partial charge in [-0.15, -0.1) is 9.24 Å². The van der Waals surface area contributed by atoms with Crippen LogP contribution in [0, 0.1) is 5.92 Å². The fraction of sp³-hybridized carbons (Fsp3) is 0.235. The van der Waals surface area contributed by atoms with Gasteiger partial charge in [0, 0.05) is 5.56 Å². The van der Waals surface area contributed by atoms with Crippen LogP contribution in [0.4, 0.5) is 0 Å². The first-order valence-electron chi connectivity index (χ1n) is 7.39. The molecule has 0 heterocycles. The summed E-state index contributed by atoms with van der Waals surface area (Å²) in [6, 6.07) is 15.6. The van der Waals surface area contributed by atoms with E-state index in [1.165, 1.54) is 12.1 Å². The van der Waals surface area contributed by atoms with Gasteiger partial charge in [-0.2, -0.15) is 8.42 Å². The lowest BCUT2D eigenvalue weighted by molar-refractivity contribution is -0.141. The van der Waals surface area contributed by atoms with E-state index in [-0.39, 0.29) is 17.2 Å². The zero-order valence-electron chi connectivity index (χ0n) is 13.6. The number of rotatable bonds is 5. The molecule has 3 atom stereocenters. The van der Waals surface area contributed by atoms with E-state index >= 15 is 0 Å². The van der Waals surface area contributed by atoms with Crippen molar-refractivity contribution >= 4 is 25.3 Å². The number of aromatic hydroxyl groups is 1. The van der Waals surface area contributed by atoms with Crippen LogP contribution in [0.1, 0.15) is 23.0 Å². The van der Waals surface area contributed by atoms with Gasteiger partial charge in [-0.1, -0.05) is 55.5 Å². The molecule has 6 nitrogen and oxygen atoms in total. The maximum absolute atomic E-state index is 10.7. The number of benzene rings is 2. The largest absolute Gasteiger partial charge is 0.508 e. The summed E-state index contributed by atoms with van der Waals surface area (Å²) in [7, 11) is -2.22. The summed E-state index contributed by atoms with van der Waals surface area (Å²) in [5.74, 6) is -1.19. The normalized spacial score (nSPS) is 13.2. The zero-order chi connectivity index (χ0) is 19.0. The van der Waals surface area contributed by atoms with E-state index in [2.05, 4.69) is 0 Å². The van der Waals surface area contributed by atoms with Crippen molar-refractivity contribution in [2.45, 2.75) is 18.3 Å². The second kappa shape index (κ2) is 9.51. The average molecular weight is 384 g/mol. The van der Waals surface area contributed by atoms with Gasteiger partial charge < -0.3 is 10.2 Å². The molecule has 2 aromatic rings. The maximum Gasteiger partial charge on any atom is 0.306 e. The minimum Gasteiger partial charge on any atom is -0.508 e. The van der Waals surface area contributed by atoms with Gasteiger partial charge in [0.2, 0.25) is 0 Å². The summed E-state index contributed by atoms with van der Waals surface area (Å²) in [4.78, 5) is 9.32. The van der Waals surface area contributed by atoms with Crippen LogP contribution in [-0.2, 0) is 21.3 Å². The Morgan fingerprint density at radius 3 is 2.08 bits per heavy atom. The molecule has 0 aliphatic heterocycles. The molecule has 3 N–H and O–H groups in total. The van der Waals surface area contributed by atoms with Crippen LogP contribution in [0.2, 0.25) is 0 Å². The molecule has 3 unspecified atom stereocenters. The number of carboxylic acids is 1. The van der Waals surface area contributed by atoms with E-state index in [1.807, 2.05) is 39.6 Å². The third-order valence-corrected chi connectivity index (χ3v) is 5.66. The molecule has 2 aromatic carbocycles. The van der Waals surface area contributed by atoms with Gasteiger partial charge in [-0.05, 0) is 18.1 Å². The molecule has 0 amide bonds. The van der Waals surface area contributed by atoms with Crippen LogP contribution in [0.3, 0.4) is 0 Å². The fourth-order valence-corrected chi connectivity index (χ4v) is 2.75. The first-order valence-corrected chi connectivity index (χ1v) is 9.56. The maximum atomic E-state index is 10.7. The standard InChI is InChI=1S/C10H12O2.C7H9O4PS/c1-8(10(11)12)7-9-5-3-2-4-6-9;8-6-4-2-1-3-5(6)7(12)13(9,10)11/h2-6,8H,7H2,1H3,(H,11,12);1-4,7-8H,12H2,(H,9,10,11). The molecule has 0 aliphatic carbocycles. The van der Waals surface area contributed by atoms with E-state index in [1.54, 1.807) is 19.1 Å². The summed E-state index contributed by atoms with van der Waals surface area (Å²) in [5, 5.41) is 17.9. The molecule has 0 spiro atoms. The number of phenols is 1. The van der Waals surface area contributed by atoms with Crippen LogP contribution < -0.4 is 0 Å². The third-order valence-electron chi connectivity index (χ3n) is 3.37. The second-order valence-electron chi connectivity index (χ2n) is 5.42. The third kappa shape index (κ3) is 7.22. The summed E-state index contributed by atoms with van der Waals surface area (Å²) in [5.41, 5.74) is 1.24. The number of aliphatic carboxylic acids is 1. The number of carboxylic acid groups (broad SMARTS) is 1. The number of phenolic OH excluding ortho intramolecular Hbond substituents is 1. The molecule has 0 aliphatic rings. The number of hydrogen-bond acceptors (Lipinski definition) is 4. The minimum atomic E-state index is -4.18. The molecular formula is C17H21O6PS. The molecule has 136 valence electrons. The highest BCUT2D eigenvalue weighted by Crippen LogP contribution is 2.33. The van der Waals surface area contributed by atoms with Crippen LogP contribution in [0.25, 0.3) is 0 Å². The number of carbonyl (C=O) groups is 1. The molecule has 0 fully saturated rings. The molecule has 0 aromatic heterocycles. The lowest BCUT2D eigenvalue weighted by Gasteiger charge is -2.09. The molecular weight excluding hydrogens is 363 g/mol. The number of hydrogen-bond donors (Lipinski definition) is 3. The molecule has 0 bridgehead atoms. The Balaban J connectivity index is 0.000000251. The Bertz CT molecular complexity index is 792. The van der Waals surface area contributed by atoms with Gasteiger partial charge in [0.1, 0.15) is 10.7 Å². The van der Waals surface area contributed by atoms with Gasteiger partial charge in [-0.25, -0.2) is 0 Å². The van der Waals surface area contributed by atoms with E-state index in [0.717, 1.165) is 5.56 Å². The molecule has 25 heavy (non-hydrogen) atoms. The molecule has 0 radical (unpaired) electrons. The van der Waals surface area contributed by atoms with Crippen molar-refractivity contribution in [1.82, 2.24) is 0 Å². The van der Waals surface area contributed by atoms with Crippen LogP contribution in [0.5, 0.6) is 5.75 Å². The smallest absolute Gasteiger partial charge is 0.306 e. The van der Waals surface area contributed by atoms with E-state index in [0.29, 0.717) is 6.42 Å². The van der Waals surface area contributed by atoms with E-state index < -0.39 is 21.1 Å². The highest BCUT2D eigenvalue weighted by molar-refractivity contribution is 7.90. The van der Waals surface area contributed by atoms with Gasteiger partial charge in [0.25, 0.3) is 10.1 Å². The Labute approximate surface area is 149 Å². The Kier molecular flexibility index (Phi) is 8.03. The monoisotopic (exact) mass is 384 g/mol. The predicted molar refractivity (Wildman–Crippen MR) is 99.1 cm³/mol. The van der Waals surface area contributed by atoms with Crippen LogP contribution in [-0.4, -0.2) is 29.2 Å².